The van der Waals surface area contributed by atoms with Gasteiger partial charge in [-0.1, -0.05) is 19.3 Å². The third-order valence-corrected chi connectivity index (χ3v) is 5.83. The van der Waals surface area contributed by atoms with Crippen molar-refractivity contribution in [1.82, 2.24) is 20.6 Å². The molecule has 2 heterocycles. The number of benzene rings is 1. The van der Waals surface area contributed by atoms with E-state index >= 15 is 0 Å². The molecule has 1 aromatic heterocycles. The first kappa shape index (κ1) is 22.8. The number of primary amides is 1. The van der Waals surface area contributed by atoms with Crippen LogP contribution in [0.15, 0.2) is 24.4 Å². The zero-order valence-electron chi connectivity index (χ0n) is 17.9. The standard InChI is InChI=1S/C22H31N5O4/c1-15-17(13-24-25-15)14-31-18-7-8-19(21(23)28)16(11-18)12-20(22(29)26-30)27-9-5-3-2-4-6-10-27/h7-8,11,13,20,30H,2-6,9-10,12,14H2,1H3,(H2,23,28)(H,24,25)(H,26,29)/t20-/m0/s1. The van der Waals surface area contributed by atoms with Crippen molar-refractivity contribution in [3.63, 3.8) is 0 Å². The van der Waals surface area contributed by atoms with Crippen LogP contribution in [0.5, 0.6) is 5.75 Å². The highest BCUT2D eigenvalue weighted by Gasteiger charge is 2.28. The van der Waals surface area contributed by atoms with E-state index in [1.165, 1.54) is 6.42 Å². The number of aryl methyl sites for hydroxylation is 1. The number of hydrogen-bond acceptors (Lipinski definition) is 6. The van der Waals surface area contributed by atoms with Crippen molar-refractivity contribution in [2.24, 2.45) is 5.73 Å². The van der Waals surface area contributed by atoms with Crippen LogP contribution in [-0.4, -0.2) is 51.3 Å². The summed E-state index contributed by atoms with van der Waals surface area (Å²) in [5, 5.41) is 16.2. The molecule has 2 amide bonds. The summed E-state index contributed by atoms with van der Waals surface area (Å²) in [5.74, 6) is -0.490. The number of H-pyrrole nitrogens is 1. The molecule has 1 aliphatic rings. The van der Waals surface area contributed by atoms with E-state index in [0.29, 0.717) is 23.5 Å². The predicted octanol–water partition coefficient (Wildman–Crippen LogP) is 2.08. The fraction of sp³-hybridized carbons (Fsp3) is 0.500. The molecule has 0 radical (unpaired) electrons. The minimum atomic E-state index is -0.604. The van der Waals surface area contributed by atoms with Crippen LogP contribution in [0, 0.1) is 6.92 Å². The normalized spacial score (nSPS) is 16.2. The number of carbonyl (C=O) groups is 2. The number of nitrogens with two attached hydrogens (primary N) is 1. The van der Waals surface area contributed by atoms with Crippen LogP contribution in [0.2, 0.25) is 0 Å². The molecule has 3 rings (SSSR count). The van der Waals surface area contributed by atoms with Crippen molar-refractivity contribution < 1.29 is 19.5 Å². The van der Waals surface area contributed by atoms with Crippen LogP contribution in [0.1, 0.15) is 59.3 Å². The number of likely N-dealkylation sites (tertiary alicyclic amines) is 1. The van der Waals surface area contributed by atoms with Gasteiger partial charge < -0.3 is 10.5 Å². The molecule has 1 atom stereocenters. The van der Waals surface area contributed by atoms with Crippen molar-refractivity contribution in [3.8, 4) is 5.75 Å². The Balaban J connectivity index is 1.83. The number of hydrogen-bond donors (Lipinski definition) is 4. The fourth-order valence-corrected chi connectivity index (χ4v) is 4.01. The smallest absolute Gasteiger partial charge is 0.261 e. The Labute approximate surface area is 181 Å². The number of carbonyl (C=O) groups excluding carboxylic acids is 2. The molecule has 1 saturated heterocycles. The molecule has 2 aromatic rings. The average Bonchev–Trinajstić information content (AvgIpc) is 3.15. The second-order valence-corrected chi connectivity index (χ2v) is 7.99. The van der Waals surface area contributed by atoms with Gasteiger partial charge in [0.1, 0.15) is 12.4 Å². The largest absolute Gasteiger partial charge is 0.489 e. The lowest BCUT2D eigenvalue weighted by Crippen LogP contribution is -2.48. The topological polar surface area (TPSA) is 134 Å². The second-order valence-electron chi connectivity index (χ2n) is 7.99. The van der Waals surface area contributed by atoms with Gasteiger partial charge in [0.25, 0.3) is 5.91 Å². The van der Waals surface area contributed by atoms with Gasteiger partial charge in [-0.05, 0) is 63.0 Å². The zero-order chi connectivity index (χ0) is 22.2. The van der Waals surface area contributed by atoms with Crippen LogP contribution in [0.3, 0.4) is 0 Å². The third-order valence-electron chi connectivity index (χ3n) is 5.83. The third kappa shape index (κ3) is 6.05. The highest BCUT2D eigenvalue weighted by molar-refractivity contribution is 5.95. The maximum atomic E-state index is 12.5. The van der Waals surface area contributed by atoms with Gasteiger partial charge in [0.05, 0.1) is 12.2 Å². The predicted molar refractivity (Wildman–Crippen MR) is 115 cm³/mol. The van der Waals surface area contributed by atoms with Crippen LogP contribution < -0.4 is 16.0 Å². The molecule has 9 nitrogen and oxygen atoms in total. The van der Waals surface area contributed by atoms with E-state index in [0.717, 1.165) is 50.0 Å². The molecular formula is C22H31N5O4. The summed E-state index contributed by atoms with van der Waals surface area (Å²) in [4.78, 5) is 26.6. The molecule has 168 valence electrons. The molecule has 5 N–H and O–H groups in total. The van der Waals surface area contributed by atoms with Crippen molar-refractivity contribution in [3.05, 3.63) is 46.8 Å². The number of nitrogens with zero attached hydrogens (tertiary/aromatic N) is 2. The highest BCUT2D eigenvalue weighted by Crippen LogP contribution is 2.23. The lowest BCUT2D eigenvalue weighted by molar-refractivity contribution is -0.135. The molecule has 0 spiro atoms. The monoisotopic (exact) mass is 429 g/mol. The van der Waals surface area contributed by atoms with Gasteiger partial charge in [-0.2, -0.15) is 5.10 Å². The van der Waals surface area contributed by atoms with Crippen molar-refractivity contribution >= 4 is 11.8 Å². The summed E-state index contributed by atoms with van der Waals surface area (Å²) < 4.78 is 5.88. The Morgan fingerprint density at radius 1 is 1.23 bits per heavy atom. The summed E-state index contributed by atoms with van der Waals surface area (Å²) in [5.41, 5.74) is 10.2. The number of nitrogens with one attached hydrogen (secondary N) is 2. The SMILES string of the molecule is Cc1[nH]ncc1COc1ccc(C(N)=O)c(C[C@@H](C(=O)NO)N2CCCCCCC2)c1. The molecule has 1 fully saturated rings. The molecule has 0 saturated carbocycles. The van der Waals surface area contributed by atoms with Crippen LogP contribution in [0.25, 0.3) is 0 Å². The first-order chi connectivity index (χ1) is 15.0. The van der Waals surface area contributed by atoms with E-state index < -0.39 is 17.9 Å². The number of hydroxylamine groups is 1. The molecule has 0 bridgehead atoms. The molecule has 31 heavy (non-hydrogen) atoms. The second kappa shape index (κ2) is 10.9. The summed E-state index contributed by atoms with van der Waals surface area (Å²) in [6, 6.07) is 4.46. The first-order valence-corrected chi connectivity index (χ1v) is 10.7. The molecule has 1 aromatic carbocycles. The number of aromatic nitrogens is 2. The Kier molecular flexibility index (Phi) is 8.02. The lowest BCUT2D eigenvalue weighted by Gasteiger charge is -2.32. The Hall–Kier alpha value is -2.91. The summed E-state index contributed by atoms with van der Waals surface area (Å²) in [6.07, 6.45) is 7.37. The van der Waals surface area contributed by atoms with Gasteiger partial charge in [0.2, 0.25) is 5.91 Å². The van der Waals surface area contributed by atoms with Crippen molar-refractivity contribution in [1.29, 1.82) is 0 Å². The summed E-state index contributed by atoms with van der Waals surface area (Å²) in [6.45, 7) is 3.76. The minimum Gasteiger partial charge on any atom is -0.489 e. The lowest BCUT2D eigenvalue weighted by atomic mass is 9.96. The molecule has 0 unspecified atom stereocenters. The van der Waals surface area contributed by atoms with E-state index in [4.69, 9.17) is 10.5 Å². The van der Waals surface area contributed by atoms with E-state index in [9.17, 15) is 14.8 Å². The van der Waals surface area contributed by atoms with Gasteiger partial charge >= 0.3 is 0 Å². The van der Waals surface area contributed by atoms with Gasteiger partial charge in [-0.3, -0.25) is 24.8 Å². The van der Waals surface area contributed by atoms with E-state index in [-0.39, 0.29) is 6.42 Å². The van der Waals surface area contributed by atoms with E-state index in [1.54, 1.807) is 29.9 Å². The van der Waals surface area contributed by atoms with Crippen molar-refractivity contribution in [2.45, 2.75) is 58.1 Å². The number of amides is 2. The van der Waals surface area contributed by atoms with Gasteiger partial charge in [0, 0.05) is 16.8 Å². The Bertz CT molecular complexity index is 890. The Morgan fingerprint density at radius 3 is 2.55 bits per heavy atom. The van der Waals surface area contributed by atoms with Crippen LogP contribution >= 0.6 is 0 Å². The number of aromatic amines is 1. The highest BCUT2D eigenvalue weighted by atomic mass is 16.5. The molecule has 9 heteroatoms. The molecular weight excluding hydrogens is 398 g/mol. The van der Waals surface area contributed by atoms with Gasteiger partial charge in [0.15, 0.2) is 0 Å². The average molecular weight is 430 g/mol. The van der Waals surface area contributed by atoms with E-state index in [1.807, 2.05) is 6.92 Å². The van der Waals surface area contributed by atoms with E-state index in [2.05, 4.69) is 15.1 Å². The van der Waals surface area contributed by atoms with Gasteiger partial charge in [-0.25, -0.2) is 5.48 Å². The van der Waals surface area contributed by atoms with Crippen LogP contribution in [0.4, 0.5) is 0 Å². The van der Waals surface area contributed by atoms with Crippen LogP contribution in [-0.2, 0) is 17.8 Å². The minimum absolute atomic E-state index is 0.243. The zero-order valence-corrected chi connectivity index (χ0v) is 17.9. The summed E-state index contributed by atoms with van der Waals surface area (Å²) >= 11 is 0. The molecule has 0 aliphatic carbocycles. The molecule has 1 aliphatic heterocycles. The maximum Gasteiger partial charge on any atom is 0.261 e. The first-order valence-electron chi connectivity index (χ1n) is 10.7. The quantitative estimate of drug-likeness (QED) is 0.375. The maximum absolute atomic E-state index is 12.5. The fourth-order valence-electron chi connectivity index (χ4n) is 4.01. The number of rotatable bonds is 8. The van der Waals surface area contributed by atoms with Crippen molar-refractivity contribution in [2.75, 3.05) is 13.1 Å². The number of ether oxygens (including phenoxy) is 1. The van der Waals surface area contributed by atoms with Gasteiger partial charge in [-0.15, -0.1) is 0 Å². The Morgan fingerprint density at radius 2 is 1.94 bits per heavy atom. The summed E-state index contributed by atoms with van der Waals surface area (Å²) in [7, 11) is 0.